The normalized spacial score (nSPS) is 23.2. The quantitative estimate of drug-likeness (QED) is 0.845. The number of ether oxygens (including phenoxy) is 2. The predicted octanol–water partition coefficient (Wildman–Crippen LogP) is 1.95. The van der Waals surface area contributed by atoms with E-state index in [-0.39, 0.29) is 12.0 Å². The second-order valence-electron chi connectivity index (χ2n) is 6.78. The second-order valence-corrected chi connectivity index (χ2v) is 6.78. The number of amides is 1. The molecule has 1 aromatic carbocycles. The maximum absolute atomic E-state index is 11.5. The molecule has 1 atom stereocenters. The fourth-order valence-corrected chi connectivity index (χ4v) is 3.77. The molecule has 1 aromatic rings. The minimum Gasteiger partial charge on any atom is -0.497 e. The number of carbonyl (C=O) groups is 1. The number of hydrogen-bond acceptors (Lipinski definition) is 4. The number of rotatable bonds is 4. The van der Waals surface area contributed by atoms with Crippen LogP contribution in [0.1, 0.15) is 25.3 Å². The predicted molar refractivity (Wildman–Crippen MR) is 93.3 cm³/mol. The molecule has 5 nitrogen and oxygen atoms in total. The largest absolute Gasteiger partial charge is 0.497 e. The summed E-state index contributed by atoms with van der Waals surface area (Å²) in [6.07, 6.45) is 3.34. The van der Waals surface area contributed by atoms with Crippen molar-refractivity contribution in [1.82, 2.24) is 9.80 Å². The number of hydrogen-bond donors (Lipinski definition) is 0. The van der Waals surface area contributed by atoms with Crippen LogP contribution in [-0.4, -0.2) is 67.7 Å². The Balaban J connectivity index is 1.51. The zero-order chi connectivity index (χ0) is 16.9. The van der Waals surface area contributed by atoms with Crippen molar-refractivity contribution in [1.29, 1.82) is 0 Å². The first-order valence-electron chi connectivity index (χ1n) is 8.90. The van der Waals surface area contributed by atoms with E-state index in [1.807, 2.05) is 17.0 Å². The molecule has 5 heteroatoms. The molecule has 132 valence electrons. The van der Waals surface area contributed by atoms with Crippen LogP contribution in [0.25, 0.3) is 0 Å². The highest BCUT2D eigenvalue weighted by molar-refractivity contribution is 5.73. The molecule has 0 aliphatic carbocycles. The van der Waals surface area contributed by atoms with Gasteiger partial charge in [-0.05, 0) is 37.0 Å². The van der Waals surface area contributed by atoms with Crippen molar-refractivity contribution in [3.63, 3.8) is 0 Å². The van der Waals surface area contributed by atoms with Gasteiger partial charge in [0.1, 0.15) is 5.75 Å². The third-order valence-corrected chi connectivity index (χ3v) is 5.22. The molecule has 0 saturated carbocycles. The molecule has 0 unspecified atom stereocenters. The Kier molecular flexibility index (Phi) is 5.74. The van der Waals surface area contributed by atoms with Crippen LogP contribution in [0.2, 0.25) is 0 Å². The lowest BCUT2D eigenvalue weighted by atomic mass is 10.0. The number of benzene rings is 1. The van der Waals surface area contributed by atoms with Crippen LogP contribution >= 0.6 is 0 Å². The summed E-state index contributed by atoms with van der Waals surface area (Å²) in [5, 5.41) is 0. The summed E-state index contributed by atoms with van der Waals surface area (Å²) in [4.78, 5) is 16.0. The number of likely N-dealkylation sites (tertiary alicyclic amines) is 1. The maximum atomic E-state index is 11.5. The third kappa shape index (κ3) is 4.28. The molecule has 2 heterocycles. The fourth-order valence-electron chi connectivity index (χ4n) is 3.77. The second kappa shape index (κ2) is 7.99. The standard InChI is InChI=1S/C19H28N2O3/c1-15(22)20-9-7-17(8-10-20)21-11-12-24-19(14-21)13-16-3-5-18(23-2)6-4-16/h3-6,17,19H,7-14H2,1-2H3/t19-/m1/s1. The fraction of sp³-hybridized carbons (Fsp3) is 0.632. The molecule has 1 amide bonds. The van der Waals surface area contributed by atoms with Crippen LogP contribution in [0.5, 0.6) is 5.75 Å². The summed E-state index contributed by atoms with van der Waals surface area (Å²) in [5.74, 6) is 1.09. The summed E-state index contributed by atoms with van der Waals surface area (Å²) >= 11 is 0. The van der Waals surface area contributed by atoms with Gasteiger partial charge in [0.15, 0.2) is 0 Å². The number of carbonyl (C=O) groups excluding carboxylic acids is 1. The van der Waals surface area contributed by atoms with E-state index in [1.54, 1.807) is 14.0 Å². The van der Waals surface area contributed by atoms with Crippen LogP contribution in [0.3, 0.4) is 0 Å². The monoisotopic (exact) mass is 332 g/mol. The molecule has 2 aliphatic heterocycles. The summed E-state index contributed by atoms with van der Waals surface area (Å²) in [6, 6.07) is 8.84. The van der Waals surface area contributed by atoms with E-state index in [0.717, 1.165) is 57.8 Å². The Morgan fingerprint density at radius 2 is 1.92 bits per heavy atom. The molecule has 0 radical (unpaired) electrons. The minimum atomic E-state index is 0.202. The number of piperidine rings is 1. The van der Waals surface area contributed by atoms with Gasteiger partial charge in [-0.25, -0.2) is 0 Å². The van der Waals surface area contributed by atoms with E-state index in [2.05, 4.69) is 17.0 Å². The highest BCUT2D eigenvalue weighted by Crippen LogP contribution is 2.21. The van der Waals surface area contributed by atoms with Gasteiger partial charge < -0.3 is 14.4 Å². The Labute approximate surface area is 144 Å². The highest BCUT2D eigenvalue weighted by Gasteiger charge is 2.29. The van der Waals surface area contributed by atoms with Gasteiger partial charge in [0.05, 0.1) is 19.8 Å². The summed E-state index contributed by atoms with van der Waals surface area (Å²) in [7, 11) is 1.69. The van der Waals surface area contributed by atoms with Gasteiger partial charge in [-0.1, -0.05) is 12.1 Å². The summed E-state index contributed by atoms with van der Waals surface area (Å²) in [5.41, 5.74) is 1.29. The molecule has 0 N–H and O–H groups in total. The Bertz CT molecular complexity index is 538. The Morgan fingerprint density at radius 1 is 1.21 bits per heavy atom. The van der Waals surface area contributed by atoms with Gasteiger partial charge in [0.25, 0.3) is 0 Å². The molecule has 24 heavy (non-hydrogen) atoms. The first-order valence-corrected chi connectivity index (χ1v) is 8.90. The van der Waals surface area contributed by atoms with Gasteiger partial charge in [-0.2, -0.15) is 0 Å². The molecule has 0 aromatic heterocycles. The lowest BCUT2D eigenvalue weighted by Gasteiger charge is -2.42. The van der Waals surface area contributed by atoms with Crippen molar-refractivity contribution < 1.29 is 14.3 Å². The zero-order valence-corrected chi connectivity index (χ0v) is 14.7. The molecule has 2 aliphatic rings. The van der Waals surface area contributed by atoms with E-state index < -0.39 is 0 Å². The lowest BCUT2D eigenvalue weighted by molar-refractivity contribution is -0.131. The average Bonchev–Trinajstić information content (AvgIpc) is 2.63. The number of nitrogens with zero attached hydrogens (tertiary/aromatic N) is 2. The first kappa shape index (κ1) is 17.2. The van der Waals surface area contributed by atoms with E-state index in [1.165, 1.54) is 5.56 Å². The molecule has 3 rings (SSSR count). The topological polar surface area (TPSA) is 42.0 Å². The van der Waals surface area contributed by atoms with Gasteiger partial charge in [0.2, 0.25) is 5.91 Å². The van der Waals surface area contributed by atoms with Gasteiger partial charge >= 0.3 is 0 Å². The highest BCUT2D eigenvalue weighted by atomic mass is 16.5. The van der Waals surface area contributed by atoms with E-state index >= 15 is 0 Å². The molecular formula is C19H28N2O3. The van der Waals surface area contributed by atoms with Gasteiger partial charge in [0, 0.05) is 39.1 Å². The molecule has 0 bridgehead atoms. The van der Waals surface area contributed by atoms with E-state index in [9.17, 15) is 4.79 Å². The van der Waals surface area contributed by atoms with Gasteiger partial charge in [-0.3, -0.25) is 9.69 Å². The van der Waals surface area contributed by atoms with Crippen LogP contribution in [-0.2, 0) is 16.0 Å². The Hall–Kier alpha value is -1.59. The lowest BCUT2D eigenvalue weighted by Crippen LogP contribution is -2.52. The average molecular weight is 332 g/mol. The molecule has 2 saturated heterocycles. The van der Waals surface area contributed by atoms with Crippen LogP contribution < -0.4 is 4.74 Å². The molecular weight excluding hydrogens is 304 g/mol. The van der Waals surface area contributed by atoms with Gasteiger partial charge in [-0.15, -0.1) is 0 Å². The van der Waals surface area contributed by atoms with Crippen molar-refractivity contribution in [2.75, 3.05) is 39.9 Å². The Morgan fingerprint density at radius 3 is 2.54 bits per heavy atom. The van der Waals surface area contributed by atoms with Crippen molar-refractivity contribution >= 4 is 5.91 Å². The zero-order valence-electron chi connectivity index (χ0n) is 14.7. The minimum absolute atomic E-state index is 0.202. The van der Waals surface area contributed by atoms with Crippen molar-refractivity contribution in [2.45, 2.75) is 38.3 Å². The summed E-state index contributed by atoms with van der Waals surface area (Å²) < 4.78 is 11.2. The smallest absolute Gasteiger partial charge is 0.219 e. The SMILES string of the molecule is COc1ccc(C[C@@H]2CN(C3CCN(C(C)=O)CC3)CCO2)cc1. The van der Waals surface area contributed by atoms with Crippen LogP contribution in [0.4, 0.5) is 0 Å². The molecule has 0 spiro atoms. The van der Waals surface area contributed by atoms with E-state index in [4.69, 9.17) is 9.47 Å². The van der Waals surface area contributed by atoms with Crippen LogP contribution in [0.15, 0.2) is 24.3 Å². The number of methoxy groups -OCH3 is 1. The first-order chi connectivity index (χ1) is 11.7. The maximum Gasteiger partial charge on any atom is 0.219 e. The van der Waals surface area contributed by atoms with Crippen molar-refractivity contribution in [3.05, 3.63) is 29.8 Å². The van der Waals surface area contributed by atoms with Crippen molar-refractivity contribution in [3.8, 4) is 5.75 Å². The van der Waals surface area contributed by atoms with Crippen LogP contribution in [0, 0.1) is 0 Å². The van der Waals surface area contributed by atoms with Crippen molar-refractivity contribution in [2.24, 2.45) is 0 Å². The third-order valence-electron chi connectivity index (χ3n) is 5.22. The summed E-state index contributed by atoms with van der Waals surface area (Å²) in [6.45, 7) is 6.23. The molecule has 2 fully saturated rings. The van der Waals surface area contributed by atoms with E-state index in [0.29, 0.717) is 6.04 Å². The number of morpholine rings is 1.